The predicted octanol–water partition coefficient (Wildman–Crippen LogP) is 1.36. The zero-order chi connectivity index (χ0) is 18.7. The average molecular weight is 359 g/mol. The number of nitrogens with one attached hydrogen (secondary N) is 1. The number of primary amides is 1. The summed E-state index contributed by atoms with van der Waals surface area (Å²) < 4.78 is 16.5. The van der Waals surface area contributed by atoms with E-state index in [-0.39, 0.29) is 18.1 Å². The minimum atomic E-state index is -0.498. The minimum absolute atomic E-state index is 0.222. The van der Waals surface area contributed by atoms with E-state index in [1.54, 1.807) is 38.1 Å². The van der Waals surface area contributed by atoms with Crippen LogP contribution in [0.15, 0.2) is 28.8 Å². The first kappa shape index (κ1) is 17.9. The second kappa shape index (κ2) is 7.57. The van der Waals surface area contributed by atoms with E-state index in [4.69, 9.17) is 19.7 Å². The van der Waals surface area contributed by atoms with E-state index in [9.17, 15) is 9.59 Å². The molecule has 0 radical (unpaired) electrons. The third kappa shape index (κ3) is 3.85. The summed E-state index contributed by atoms with van der Waals surface area (Å²) in [6.45, 7) is 4.31. The molecule has 138 valence electrons. The Hall–Kier alpha value is -2.87. The molecular weight excluding hydrogens is 338 g/mol. The lowest BCUT2D eigenvalue weighted by Gasteiger charge is -2.32. The zero-order valence-electron chi connectivity index (χ0n) is 14.7. The van der Waals surface area contributed by atoms with Crippen LogP contribution in [0.1, 0.15) is 38.6 Å². The maximum atomic E-state index is 12.6. The highest BCUT2D eigenvalue weighted by molar-refractivity contribution is 5.96. The summed E-state index contributed by atoms with van der Waals surface area (Å²) in [5, 5.41) is 6.79. The molecule has 0 aliphatic carbocycles. The number of aryl methyl sites for hydroxylation is 2. The molecule has 2 atom stereocenters. The van der Waals surface area contributed by atoms with Crippen molar-refractivity contribution < 1.29 is 23.6 Å². The quantitative estimate of drug-likeness (QED) is 0.832. The third-order valence-electron chi connectivity index (χ3n) is 4.31. The summed E-state index contributed by atoms with van der Waals surface area (Å²) in [6.07, 6.45) is 0.270. The molecule has 1 saturated heterocycles. The molecule has 1 aliphatic heterocycles. The van der Waals surface area contributed by atoms with Crippen LogP contribution in [0.4, 0.5) is 0 Å². The highest BCUT2D eigenvalue weighted by Crippen LogP contribution is 2.20. The van der Waals surface area contributed by atoms with Crippen LogP contribution in [0.5, 0.6) is 5.75 Å². The van der Waals surface area contributed by atoms with Crippen LogP contribution in [-0.4, -0.2) is 42.3 Å². The van der Waals surface area contributed by atoms with Gasteiger partial charge >= 0.3 is 0 Å². The van der Waals surface area contributed by atoms with Gasteiger partial charge < -0.3 is 25.0 Å². The Labute approximate surface area is 150 Å². The Morgan fingerprint density at radius 2 is 2.00 bits per heavy atom. The normalized spacial score (nSPS) is 19.8. The van der Waals surface area contributed by atoms with Crippen molar-refractivity contribution in [2.24, 2.45) is 5.73 Å². The van der Waals surface area contributed by atoms with E-state index in [2.05, 4.69) is 10.5 Å². The second-order valence-electron chi connectivity index (χ2n) is 6.19. The van der Waals surface area contributed by atoms with Crippen molar-refractivity contribution in [3.8, 4) is 5.75 Å². The zero-order valence-corrected chi connectivity index (χ0v) is 14.7. The Morgan fingerprint density at radius 3 is 2.62 bits per heavy atom. The fraction of sp³-hybridized carbons (Fsp3) is 0.389. The molecule has 1 fully saturated rings. The molecule has 2 aromatic rings. The number of aromatic nitrogens is 1. The van der Waals surface area contributed by atoms with E-state index in [0.717, 1.165) is 0 Å². The van der Waals surface area contributed by atoms with Crippen LogP contribution in [0.2, 0.25) is 0 Å². The molecule has 2 amide bonds. The van der Waals surface area contributed by atoms with Crippen LogP contribution in [0, 0.1) is 13.8 Å². The first-order valence-electron chi connectivity index (χ1n) is 8.33. The number of rotatable bonds is 5. The van der Waals surface area contributed by atoms with Crippen molar-refractivity contribution >= 4 is 11.8 Å². The standard InChI is InChI=1S/C18H21N3O5/c1-10-16(11(2)26-21-10)18(23)20-14-7-8-24-9-15(14)25-13-5-3-12(4-6-13)17(19)22/h3-6,14-15H,7-9H2,1-2H3,(H2,19,22)(H,20,23)/t14-,15-/m1/s1. The van der Waals surface area contributed by atoms with Crippen LogP contribution < -0.4 is 15.8 Å². The average Bonchev–Trinajstić information content (AvgIpc) is 2.95. The van der Waals surface area contributed by atoms with Crippen molar-refractivity contribution in [1.82, 2.24) is 10.5 Å². The third-order valence-corrected chi connectivity index (χ3v) is 4.31. The number of hydrogen-bond acceptors (Lipinski definition) is 6. The van der Waals surface area contributed by atoms with Gasteiger partial charge in [-0.05, 0) is 44.5 Å². The molecule has 3 rings (SSSR count). The number of carbonyl (C=O) groups excluding carboxylic acids is 2. The molecule has 2 heterocycles. The van der Waals surface area contributed by atoms with Crippen molar-refractivity contribution in [2.75, 3.05) is 13.2 Å². The van der Waals surface area contributed by atoms with Gasteiger partial charge in [0.25, 0.3) is 5.91 Å². The number of nitrogens with two attached hydrogens (primary N) is 1. The Bertz CT molecular complexity index is 780. The van der Waals surface area contributed by atoms with Gasteiger partial charge in [0.2, 0.25) is 5.91 Å². The molecule has 1 aromatic carbocycles. The first-order chi connectivity index (χ1) is 12.5. The fourth-order valence-electron chi connectivity index (χ4n) is 2.91. The molecule has 0 saturated carbocycles. The lowest BCUT2D eigenvalue weighted by atomic mass is 10.0. The monoisotopic (exact) mass is 359 g/mol. The lowest BCUT2D eigenvalue weighted by molar-refractivity contribution is -0.0135. The summed E-state index contributed by atoms with van der Waals surface area (Å²) in [4.78, 5) is 23.7. The summed E-state index contributed by atoms with van der Waals surface area (Å²) in [7, 11) is 0. The molecule has 8 nitrogen and oxygen atoms in total. The van der Waals surface area contributed by atoms with Crippen molar-refractivity contribution in [3.63, 3.8) is 0 Å². The van der Waals surface area contributed by atoms with Gasteiger partial charge in [-0.15, -0.1) is 0 Å². The molecule has 0 unspecified atom stereocenters. The van der Waals surface area contributed by atoms with Crippen molar-refractivity contribution in [2.45, 2.75) is 32.4 Å². The van der Waals surface area contributed by atoms with E-state index in [1.807, 2.05) is 0 Å². The van der Waals surface area contributed by atoms with Crippen molar-refractivity contribution in [1.29, 1.82) is 0 Å². The number of carbonyl (C=O) groups is 2. The summed E-state index contributed by atoms with van der Waals surface area (Å²) in [5.41, 5.74) is 6.63. The molecule has 3 N–H and O–H groups in total. The topological polar surface area (TPSA) is 117 Å². The van der Waals surface area contributed by atoms with E-state index < -0.39 is 5.91 Å². The first-order valence-corrected chi connectivity index (χ1v) is 8.33. The Morgan fingerprint density at radius 1 is 1.27 bits per heavy atom. The van der Waals surface area contributed by atoms with Crippen LogP contribution in [0.3, 0.4) is 0 Å². The number of nitrogens with zero attached hydrogens (tertiary/aromatic N) is 1. The van der Waals surface area contributed by atoms with Gasteiger partial charge in [0.1, 0.15) is 23.2 Å². The summed E-state index contributed by atoms with van der Waals surface area (Å²) >= 11 is 0. The van der Waals surface area contributed by atoms with Crippen LogP contribution >= 0.6 is 0 Å². The maximum Gasteiger partial charge on any atom is 0.257 e. The maximum absolute atomic E-state index is 12.6. The smallest absolute Gasteiger partial charge is 0.257 e. The van der Waals surface area contributed by atoms with Crippen molar-refractivity contribution in [3.05, 3.63) is 46.8 Å². The highest BCUT2D eigenvalue weighted by Gasteiger charge is 2.30. The number of benzene rings is 1. The van der Waals surface area contributed by atoms with Crippen LogP contribution in [0.25, 0.3) is 0 Å². The molecule has 26 heavy (non-hydrogen) atoms. The fourth-order valence-corrected chi connectivity index (χ4v) is 2.91. The van der Waals surface area contributed by atoms with E-state index in [1.165, 1.54) is 0 Å². The molecule has 0 spiro atoms. The van der Waals surface area contributed by atoms with E-state index >= 15 is 0 Å². The Balaban J connectivity index is 1.69. The molecule has 1 aromatic heterocycles. The van der Waals surface area contributed by atoms with Crippen LogP contribution in [-0.2, 0) is 4.74 Å². The molecule has 0 bridgehead atoms. The molecular formula is C18H21N3O5. The number of amides is 2. The minimum Gasteiger partial charge on any atom is -0.486 e. The second-order valence-corrected chi connectivity index (χ2v) is 6.19. The summed E-state index contributed by atoms with van der Waals surface area (Å²) in [5.74, 6) is 0.307. The lowest BCUT2D eigenvalue weighted by Crippen LogP contribution is -2.51. The largest absolute Gasteiger partial charge is 0.486 e. The van der Waals surface area contributed by atoms with Gasteiger partial charge in [-0.2, -0.15) is 0 Å². The van der Waals surface area contributed by atoms with Gasteiger partial charge in [0, 0.05) is 12.2 Å². The Kier molecular flexibility index (Phi) is 5.22. The number of ether oxygens (including phenoxy) is 2. The highest BCUT2D eigenvalue weighted by atomic mass is 16.5. The van der Waals surface area contributed by atoms with Gasteiger partial charge in [0.15, 0.2) is 0 Å². The SMILES string of the molecule is Cc1noc(C)c1C(=O)N[C@@H]1CCOC[C@H]1Oc1ccc(C(N)=O)cc1. The molecule has 8 heteroatoms. The molecule has 1 aliphatic rings. The van der Waals surface area contributed by atoms with Gasteiger partial charge in [0.05, 0.1) is 18.3 Å². The van der Waals surface area contributed by atoms with Gasteiger partial charge in [-0.3, -0.25) is 9.59 Å². The van der Waals surface area contributed by atoms with Gasteiger partial charge in [-0.25, -0.2) is 0 Å². The van der Waals surface area contributed by atoms with Gasteiger partial charge in [-0.1, -0.05) is 5.16 Å². The van der Waals surface area contributed by atoms with E-state index in [0.29, 0.717) is 48.0 Å². The summed E-state index contributed by atoms with van der Waals surface area (Å²) in [6, 6.07) is 6.31. The number of hydrogen-bond donors (Lipinski definition) is 2. The predicted molar refractivity (Wildman–Crippen MR) is 92.0 cm³/mol.